The first kappa shape index (κ1) is 17.4. The van der Waals surface area contributed by atoms with Crippen molar-refractivity contribution in [2.45, 2.75) is 12.5 Å². The summed E-state index contributed by atoms with van der Waals surface area (Å²) in [5.74, 6) is -0.650. The average molecular weight is 316 g/mol. The number of rotatable bonds is 6. The van der Waals surface area contributed by atoms with E-state index in [0.29, 0.717) is 6.54 Å². The van der Waals surface area contributed by atoms with Gasteiger partial charge in [-0.2, -0.15) is 0 Å². The number of nitrogens with zero attached hydrogens (tertiary/aromatic N) is 2. The Kier molecular flexibility index (Phi) is 5.65. The second-order valence-corrected chi connectivity index (χ2v) is 5.72. The summed E-state index contributed by atoms with van der Waals surface area (Å²) in [6.45, 7) is 1.87. The Morgan fingerprint density at radius 2 is 2.14 bits per heavy atom. The highest BCUT2D eigenvalue weighted by atomic mass is 35.5. The van der Waals surface area contributed by atoms with Crippen LogP contribution in [0.1, 0.15) is 17.3 Å². The average Bonchev–Trinajstić information content (AvgIpc) is 2.33. The zero-order valence-electron chi connectivity index (χ0n) is 12.1. The first-order valence-electron chi connectivity index (χ1n) is 6.22. The van der Waals surface area contributed by atoms with Crippen molar-refractivity contribution >= 4 is 23.2 Å². The van der Waals surface area contributed by atoms with Gasteiger partial charge >= 0.3 is 5.69 Å². The van der Waals surface area contributed by atoms with E-state index in [-0.39, 0.29) is 17.1 Å². The minimum Gasteiger partial charge on any atom is -0.387 e. The van der Waals surface area contributed by atoms with Gasteiger partial charge in [-0.25, -0.2) is 0 Å². The van der Waals surface area contributed by atoms with Gasteiger partial charge in [0.25, 0.3) is 5.91 Å². The van der Waals surface area contributed by atoms with Crippen LogP contribution in [0.3, 0.4) is 0 Å². The van der Waals surface area contributed by atoms with Gasteiger partial charge in [0.15, 0.2) is 0 Å². The van der Waals surface area contributed by atoms with E-state index in [1.54, 1.807) is 25.9 Å². The van der Waals surface area contributed by atoms with E-state index in [1.165, 1.54) is 18.2 Å². The Hall–Kier alpha value is -1.70. The van der Waals surface area contributed by atoms with Crippen LogP contribution in [0, 0.1) is 10.1 Å². The van der Waals surface area contributed by atoms with Gasteiger partial charge in [0, 0.05) is 13.1 Å². The van der Waals surface area contributed by atoms with Crippen LogP contribution in [0.5, 0.6) is 0 Å². The molecule has 1 aromatic carbocycles. The van der Waals surface area contributed by atoms with Crippen molar-refractivity contribution in [3.05, 3.63) is 38.9 Å². The van der Waals surface area contributed by atoms with E-state index >= 15 is 0 Å². The number of benzene rings is 1. The van der Waals surface area contributed by atoms with E-state index in [4.69, 9.17) is 11.6 Å². The van der Waals surface area contributed by atoms with Crippen molar-refractivity contribution < 1.29 is 14.8 Å². The number of halogens is 1. The highest BCUT2D eigenvalue weighted by Gasteiger charge is 2.26. The summed E-state index contributed by atoms with van der Waals surface area (Å²) in [5, 5.41) is 23.5. The second-order valence-electron chi connectivity index (χ2n) is 5.31. The maximum Gasteiger partial charge on any atom is 0.300 e. The van der Waals surface area contributed by atoms with Crippen LogP contribution in [-0.4, -0.2) is 53.6 Å². The molecule has 0 aliphatic carbocycles. The summed E-state index contributed by atoms with van der Waals surface area (Å²) < 4.78 is 0. The minimum absolute atomic E-state index is 0.0340. The number of aliphatic hydroxyl groups is 1. The molecule has 0 heterocycles. The largest absolute Gasteiger partial charge is 0.387 e. The van der Waals surface area contributed by atoms with Crippen molar-refractivity contribution in [2.75, 3.05) is 27.2 Å². The van der Waals surface area contributed by atoms with Crippen molar-refractivity contribution in [3.63, 3.8) is 0 Å². The molecule has 0 saturated carbocycles. The molecule has 2 N–H and O–H groups in total. The van der Waals surface area contributed by atoms with E-state index in [0.717, 1.165) is 0 Å². The molecule has 1 rings (SSSR count). The number of carbonyl (C=O) groups is 1. The number of hydrogen-bond acceptors (Lipinski definition) is 5. The van der Waals surface area contributed by atoms with Gasteiger partial charge in [0.1, 0.15) is 10.6 Å². The number of likely N-dealkylation sites (N-methyl/N-ethyl adjacent to an activating group) is 1. The Morgan fingerprint density at radius 1 is 1.52 bits per heavy atom. The van der Waals surface area contributed by atoms with E-state index in [2.05, 4.69) is 5.32 Å². The Bertz CT molecular complexity index is 546. The minimum atomic E-state index is -1.15. The van der Waals surface area contributed by atoms with Gasteiger partial charge < -0.3 is 15.3 Å². The molecule has 0 aliphatic rings. The zero-order chi connectivity index (χ0) is 16.2. The SMILES string of the molecule is CN(C)CC(C)(O)CNC(=O)c1cccc(Cl)c1[N+](=O)[O-]. The maximum atomic E-state index is 12.1. The molecule has 0 radical (unpaired) electrons. The van der Waals surface area contributed by atoms with Crippen LogP contribution < -0.4 is 5.32 Å². The molecule has 1 atom stereocenters. The predicted molar refractivity (Wildman–Crippen MR) is 79.6 cm³/mol. The number of para-hydroxylation sites is 1. The molecule has 0 spiro atoms. The summed E-state index contributed by atoms with van der Waals surface area (Å²) in [6, 6.07) is 4.13. The molecule has 0 bridgehead atoms. The van der Waals surface area contributed by atoms with Gasteiger partial charge in [-0.05, 0) is 33.2 Å². The number of carbonyl (C=O) groups excluding carboxylic acids is 1. The Balaban J connectivity index is 2.87. The molecule has 0 aromatic heterocycles. The van der Waals surface area contributed by atoms with Gasteiger partial charge in [0.2, 0.25) is 0 Å². The highest BCUT2D eigenvalue weighted by Crippen LogP contribution is 2.28. The van der Waals surface area contributed by atoms with Gasteiger partial charge in [0.05, 0.1) is 10.5 Å². The fourth-order valence-corrected chi connectivity index (χ4v) is 2.23. The molecule has 1 amide bonds. The molecular weight excluding hydrogens is 298 g/mol. The van der Waals surface area contributed by atoms with Crippen LogP contribution in [0.25, 0.3) is 0 Å². The first-order valence-corrected chi connectivity index (χ1v) is 6.60. The van der Waals surface area contributed by atoms with Crippen molar-refractivity contribution in [3.8, 4) is 0 Å². The lowest BCUT2D eigenvalue weighted by Gasteiger charge is -2.27. The van der Waals surface area contributed by atoms with Crippen LogP contribution >= 0.6 is 11.6 Å². The molecule has 0 fully saturated rings. The zero-order valence-corrected chi connectivity index (χ0v) is 12.8. The monoisotopic (exact) mass is 315 g/mol. The number of nitrogens with one attached hydrogen (secondary N) is 1. The fourth-order valence-electron chi connectivity index (χ4n) is 1.99. The molecule has 0 saturated heterocycles. The van der Waals surface area contributed by atoms with Crippen molar-refractivity contribution in [2.24, 2.45) is 0 Å². The molecule has 8 heteroatoms. The van der Waals surface area contributed by atoms with Crippen LogP contribution in [0.15, 0.2) is 18.2 Å². The van der Waals surface area contributed by atoms with Gasteiger partial charge in [-0.3, -0.25) is 14.9 Å². The summed E-state index contributed by atoms with van der Waals surface area (Å²) in [7, 11) is 3.58. The molecule has 0 aliphatic heterocycles. The summed E-state index contributed by atoms with van der Waals surface area (Å²) in [6.07, 6.45) is 0. The van der Waals surface area contributed by atoms with Crippen molar-refractivity contribution in [1.82, 2.24) is 10.2 Å². The predicted octanol–water partition coefficient (Wildman–Crippen LogP) is 1.29. The summed E-state index contributed by atoms with van der Waals surface area (Å²) >= 11 is 5.75. The molecule has 1 unspecified atom stereocenters. The van der Waals surface area contributed by atoms with E-state index in [1.807, 2.05) is 0 Å². The standard InChI is InChI=1S/C13H18ClN3O4/c1-13(19,8-16(2)3)7-15-12(18)9-5-4-6-10(14)11(9)17(20)21/h4-6,19H,7-8H2,1-3H3,(H,15,18). The molecule has 116 valence electrons. The Morgan fingerprint density at radius 3 is 2.67 bits per heavy atom. The second kappa shape index (κ2) is 6.84. The topological polar surface area (TPSA) is 95.7 Å². The number of nitro groups is 1. The third kappa shape index (κ3) is 4.96. The molecule has 1 aromatic rings. The van der Waals surface area contributed by atoms with Crippen LogP contribution in [-0.2, 0) is 0 Å². The Labute approximate surface area is 127 Å². The summed E-state index contributed by atoms with van der Waals surface area (Å²) in [5.41, 5.74) is -1.72. The molecule has 21 heavy (non-hydrogen) atoms. The lowest BCUT2D eigenvalue weighted by atomic mass is 10.1. The number of hydrogen-bond donors (Lipinski definition) is 2. The van der Waals surface area contributed by atoms with Crippen molar-refractivity contribution in [1.29, 1.82) is 0 Å². The number of nitro benzene ring substituents is 1. The highest BCUT2D eigenvalue weighted by molar-refractivity contribution is 6.33. The lowest BCUT2D eigenvalue weighted by molar-refractivity contribution is -0.385. The lowest BCUT2D eigenvalue weighted by Crippen LogP contribution is -2.47. The summed E-state index contributed by atoms with van der Waals surface area (Å²) in [4.78, 5) is 24.1. The molecular formula is C13H18ClN3O4. The first-order chi connectivity index (χ1) is 9.64. The third-order valence-corrected chi connectivity index (χ3v) is 3.01. The van der Waals surface area contributed by atoms with Gasteiger partial charge in [-0.15, -0.1) is 0 Å². The normalized spacial score (nSPS) is 13.8. The smallest absolute Gasteiger partial charge is 0.300 e. The quantitative estimate of drug-likeness (QED) is 0.609. The van der Waals surface area contributed by atoms with Crippen LogP contribution in [0.2, 0.25) is 5.02 Å². The van der Waals surface area contributed by atoms with E-state index < -0.39 is 22.1 Å². The van der Waals surface area contributed by atoms with E-state index in [9.17, 15) is 20.0 Å². The fraction of sp³-hybridized carbons (Fsp3) is 0.462. The molecule has 7 nitrogen and oxygen atoms in total. The number of amides is 1. The third-order valence-electron chi connectivity index (χ3n) is 2.70. The van der Waals surface area contributed by atoms with Crippen LogP contribution in [0.4, 0.5) is 5.69 Å². The van der Waals surface area contributed by atoms with Gasteiger partial charge in [-0.1, -0.05) is 17.7 Å². The maximum absolute atomic E-state index is 12.1.